The quantitative estimate of drug-likeness (QED) is 0.536. The summed E-state index contributed by atoms with van der Waals surface area (Å²) in [5.41, 5.74) is 0.882. The Morgan fingerprint density at radius 3 is 2.26 bits per heavy atom. The fourth-order valence-corrected chi connectivity index (χ4v) is 2.45. The number of rotatable bonds is 1. The molecule has 0 saturated heterocycles. The lowest BCUT2D eigenvalue weighted by Crippen LogP contribution is -2.38. The van der Waals surface area contributed by atoms with Crippen LogP contribution in [0.4, 0.5) is 0 Å². The number of H-pyrrole nitrogens is 1. The average molecular weight is 332 g/mol. The normalized spacial score (nSPS) is 10.9. The van der Waals surface area contributed by atoms with Crippen LogP contribution in [0.1, 0.15) is 5.56 Å². The molecule has 120 valence electrons. The first-order valence-electron chi connectivity index (χ1n) is 6.77. The maximum atomic E-state index is 11.3. The summed E-state index contributed by atoms with van der Waals surface area (Å²) in [5, 5.41) is 4.37. The van der Waals surface area contributed by atoms with Crippen molar-refractivity contribution in [1.82, 2.24) is 5.10 Å². The van der Waals surface area contributed by atoms with Gasteiger partial charge in [-0.25, -0.2) is 8.42 Å². The lowest BCUT2D eigenvalue weighted by atomic mass is 10.2. The number of hydrogen-bond donors (Lipinski definition) is 1. The van der Waals surface area contributed by atoms with Crippen molar-refractivity contribution < 1.29 is 17.7 Å². The molecule has 0 radical (unpaired) electrons. The molecule has 3 rings (SSSR count). The first-order chi connectivity index (χ1) is 10.8. The molecule has 0 saturated carbocycles. The summed E-state index contributed by atoms with van der Waals surface area (Å²) in [6, 6.07) is 13.3. The molecular weight excluding hydrogens is 316 g/mol. The van der Waals surface area contributed by atoms with Gasteiger partial charge in [0.1, 0.15) is 10.1 Å². The van der Waals surface area contributed by atoms with Gasteiger partial charge >= 0.3 is 5.56 Å². The molecule has 0 aliphatic rings. The van der Waals surface area contributed by atoms with Gasteiger partial charge in [-0.05, 0) is 31.2 Å². The van der Waals surface area contributed by atoms with Crippen molar-refractivity contribution in [3.05, 3.63) is 70.6 Å². The highest BCUT2D eigenvalue weighted by molar-refractivity contribution is 7.85. The predicted molar refractivity (Wildman–Crippen MR) is 84.9 cm³/mol. The third kappa shape index (κ3) is 4.48. The Bertz CT molecular complexity index is 977. The zero-order valence-electron chi connectivity index (χ0n) is 12.7. The molecule has 1 N–H and O–H groups in total. The second kappa shape index (κ2) is 6.72. The number of fused-ring (bicyclic) bond motifs is 1. The first kappa shape index (κ1) is 16.9. The Morgan fingerprint density at radius 2 is 1.65 bits per heavy atom. The van der Waals surface area contributed by atoms with Gasteiger partial charge in [0.25, 0.3) is 0 Å². The molecule has 0 atom stereocenters. The van der Waals surface area contributed by atoms with Crippen molar-refractivity contribution in [3.8, 4) is 0 Å². The number of hydrogen-bond acceptors (Lipinski definition) is 4. The molecule has 0 aliphatic carbocycles. The molecule has 1 aromatic heterocycles. The van der Waals surface area contributed by atoms with Gasteiger partial charge in [-0.1, -0.05) is 29.8 Å². The minimum atomic E-state index is -4.27. The van der Waals surface area contributed by atoms with Gasteiger partial charge in [-0.3, -0.25) is 4.79 Å². The molecule has 6 nitrogen and oxygen atoms in total. The SMILES string of the molecule is C[n+]1cc2ccccc2c(=O)[nH]1.Cc1ccc(S(=O)(=O)[O-])cc1. The summed E-state index contributed by atoms with van der Waals surface area (Å²) in [5.74, 6) is 0. The molecule has 3 aromatic rings. The molecular formula is C16H16N2O4S. The van der Waals surface area contributed by atoms with E-state index in [4.69, 9.17) is 0 Å². The van der Waals surface area contributed by atoms with Crippen LogP contribution in [-0.4, -0.2) is 18.1 Å². The molecule has 0 aliphatic heterocycles. The lowest BCUT2D eigenvalue weighted by molar-refractivity contribution is -0.730. The van der Waals surface area contributed by atoms with Gasteiger partial charge in [-0.2, -0.15) is 0 Å². The predicted octanol–water partition coefficient (Wildman–Crippen LogP) is 1.25. The van der Waals surface area contributed by atoms with E-state index in [1.165, 1.54) is 12.1 Å². The topological polar surface area (TPSA) is 93.9 Å². The molecule has 1 heterocycles. The van der Waals surface area contributed by atoms with Crippen LogP contribution in [0.5, 0.6) is 0 Å². The smallest absolute Gasteiger partial charge is 0.305 e. The maximum Gasteiger partial charge on any atom is 0.305 e. The van der Waals surface area contributed by atoms with Gasteiger partial charge in [0, 0.05) is 0 Å². The van der Waals surface area contributed by atoms with Crippen LogP contribution in [0, 0.1) is 6.92 Å². The molecule has 0 amide bonds. The van der Waals surface area contributed by atoms with Gasteiger partial charge in [0.05, 0.1) is 15.7 Å². The molecule has 23 heavy (non-hydrogen) atoms. The van der Waals surface area contributed by atoms with E-state index in [-0.39, 0.29) is 10.5 Å². The Kier molecular flexibility index (Phi) is 4.92. The Morgan fingerprint density at radius 1 is 1.04 bits per heavy atom. The van der Waals surface area contributed by atoms with Crippen molar-refractivity contribution in [1.29, 1.82) is 0 Å². The van der Waals surface area contributed by atoms with Crippen molar-refractivity contribution >= 4 is 20.9 Å². The van der Waals surface area contributed by atoms with E-state index in [1.54, 1.807) is 23.9 Å². The van der Waals surface area contributed by atoms with Crippen molar-refractivity contribution in [2.75, 3.05) is 0 Å². The fraction of sp³-hybridized carbons (Fsp3) is 0.125. The van der Waals surface area contributed by atoms with E-state index < -0.39 is 10.1 Å². The van der Waals surface area contributed by atoms with E-state index in [0.29, 0.717) is 0 Å². The van der Waals surface area contributed by atoms with E-state index >= 15 is 0 Å². The molecule has 7 heteroatoms. The number of aromatic nitrogens is 2. The average Bonchev–Trinajstić information content (AvgIpc) is 2.47. The van der Waals surface area contributed by atoms with Crippen LogP contribution in [0.15, 0.2) is 64.4 Å². The van der Waals surface area contributed by atoms with Crippen LogP contribution in [0.25, 0.3) is 10.8 Å². The number of aromatic amines is 1. The first-order valence-corrected chi connectivity index (χ1v) is 8.18. The van der Waals surface area contributed by atoms with Crippen molar-refractivity contribution in [2.24, 2.45) is 7.05 Å². The van der Waals surface area contributed by atoms with Crippen LogP contribution < -0.4 is 10.2 Å². The zero-order valence-corrected chi connectivity index (χ0v) is 13.5. The monoisotopic (exact) mass is 332 g/mol. The van der Waals surface area contributed by atoms with Gasteiger partial charge in [0.15, 0.2) is 7.05 Å². The third-order valence-electron chi connectivity index (χ3n) is 3.13. The summed E-state index contributed by atoms with van der Waals surface area (Å²) < 4.78 is 32.8. The number of aryl methyl sites for hydroxylation is 2. The minimum absolute atomic E-state index is 0.0457. The Balaban J connectivity index is 0.000000168. The van der Waals surface area contributed by atoms with Gasteiger partial charge in [-0.15, -0.1) is 9.78 Å². The maximum absolute atomic E-state index is 11.3. The molecule has 2 aromatic carbocycles. The molecule has 0 unspecified atom stereocenters. The summed E-state index contributed by atoms with van der Waals surface area (Å²) in [6.45, 7) is 1.82. The van der Waals surface area contributed by atoms with Crippen molar-refractivity contribution in [2.45, 2.75) is 11.8 Å². The summed E-state index contributed by atoms with van der Waals surface area (Å²) >= 11 is 0. The number of benzene rings is 2. The summed E-state index contributed by atoms with van der Waals surface area (Å²) in [4.78, 5) is 11.1. The lowest BCUT2D eigenvalue weighted by Gasteiger charge is -2.05. The number of nitrogens with one attached hydrogen (secondary N) is 1. The molecule has 0 spiro atoms. The zero-order chi connectivity index (χ0) is 17.0. The van der Waals surface area contributed by atoms with E-state index in [9.17, 15) is 17.8 Å². The number of nitrogens with zero attached hydrogens (tertiary/aromatic N) is 1. The largest absolute Gasteiger partial charge is 0.744 e. The van der Waals surface area contributed by atoms with E-state index in [1.807, 2.05) is 37.4 Å². The van der Waals surface area contributed by atoms with Crippen molar-refractivity contribution in [3.63, 3.8) is 0 Å². The van der Waals surface area contributed by atoms with Crippen LogP contribution in [-0.2, 0) is 17.2 Å². The van der Waals surface area contributed by atoms with Crippen LogP contribution in [0.2, 0.25) is 0 Å². The van der Waals surface area contributed by atoms with E-state index in [2.05, 4.69) is 5.10 Å². The van der Waals surface area contributed by atoms with Gasteiger partial charge in [0.2, 0.25) is 6.20 Å². The Labute approximate surface area is 133 Å². The van der Waals surface area contributed by atoms with Gasteiger partial charge < -0.3 is 4.55 Å². The van der Waals surface area contributed by atoms with Crippen LogP contribution in [0.3, 0.4) is 0 Å². The molecule has 0 bridgehead atoms. The van der Waals surface area contributed by atoms with Crippen LogP contribution >= 0.6 is 0 Å². The summed E-state index contributed by atoms with van der Waals surface area (Å²) in [7, 11) is -2.47. The highest BCUT2D eigenvalue weighted by Gasteiger charge is 2.01. The second-order valence-electron chi connectivity index (χ2n) is 5.04. The second-order valence-corrected chi connectivity index (χ2v) is 6.42. The minimum Gasteiger partial charge on any atom is -0.744 e. The fourth-order valence-electron chi connectivity index (χ4n) is 1.98. The highest BCUT2D eigenvalue weighted by Crippen LogP contribution is 2.08. The Hall–Kier alpha value is -2.51. The standard InChI is InChI=1S/C9H8N2O.C7H8O3S/c1-11-6-7-4-2-3-5-8(7)9(12)10-11;1-6-2-4-7(5-3-6)11(8,9)10/h2-6H,1H3;2-5H,1H3,(H,8,9,10). The summed E-state index contributed by atoms with van der Waals surface area (Å²) in [6.07, 6.45) is 1.89. The molecule has 0 fully saturated rings. The van der Waals surface area contributed by atoms with E-state index in [0.717, 1.165) is 16.3 Å². The third-order valence-corrected chi connectivity index (χ3v) is 3.98. The highest BCUT2D eigenvalue weighted by atomic mass is 32.2.